The average molecular weight is 251 g/mol. The van der Waals surface area contributed by atoms with Gasteiger partial charge >= 0.3 is 5.97 Å². The van der Waals surface area contributed by atoms with Crippen LogP contribution in [0.1, 0.15) is 48.8 Å². The molecule has 0 aliphatic heterocycles. The fourth-order valence-corrected chi connectivity index (χ4v) is 1.62. The van der Waals surface area contributed by atoms with Crippen LogP contribution in [0.4, 0.5) is 0 Å². The third kappa shape index (κ3) is 4.02. The number of aryl methyl sites for hydroxylation is 2. The Bertz CT molecular complexity index is 447. The predicted molar refractivity (Wildman–Crippen MR) is 70.2 cm³/mol. The van der Waals surface area contributed by atoms with Gasteiger partial charge in [-0.05, 0) is 37.3 Å². The molecule has 1 heterocycles. The van der Waals surface area contributed by atoms with Gasteiger partial charge in [-0.15, -0.1) is 0 Å². The highest BCUT2D eigenvalue weighted by Gasteiger charge is 2.18. The van der Waals surface area contributed by atoms with E-state index in [1.165, 1.54) is 0 Å². The van der Waals surface area contributed by atoms with Crippen molar-refractivity contribution < 1.29 is 14.6 Å². The van der Waals surface area contributed by atoms with Gasteiger partial charge in [0.2, 0.25) is 5.88 Å². The predicted octanol–water partition coefficient (Wildman–Crippen LogP) is 3.21. The number of rotatable bonds is 4. The molecule has 0 aliphatic carbocycles. The van der Waals surface area contributed by atoms with Gasteiger partial charge in [-0.2, -0.15) is 0 Å². The summed E-state index contributed by atoms with van der Waals surface area (Å²) in [6, 6.07) is 1.75. The molecule has 0 amide bonds. The van der Waals surface area contributed by atoms with Gasteiger partial charge in [0.15, 0.2) is 0 Å². The smallest absolute Gasteiger partial charge is 0.341 e. The van der Waals surface area contributed by atoms with Crippen LogP contribution >= 0.6 is 0 Å². The van der Waals surface area contributed by atoms with Crippen LogP contribution in [0.3, 0.4) is 0 Å². The van der Waals surface area contributed by atoms with Gasteiger partial charge in [-0.3, -0.25) is 0 Å². The SMILES string of the molecule is Cc1cc(C)c(C(=O)O)c(OCCC(C)(C)C)n1. The molecule has 0 atom stereocenters. The molecule has 0 saturated heterocycles. The number of aromatic nitrogens is 1. The largest absolute Gasteiger partial charge is 0.477 e. The molecule has 0 bridgehead atoms. The Balaban J connectivity index is 2.90. The maximum Gasteiger partial charge on any atom is 0.341 e. The maximum atomic E-state index is 11.2. The number of hydrogen-bond donors (Lipinski definition) is 1. The second kappa shape index (κ2) is 5.38. The van der Waals surface area contributed by atoms with Crippen LogP contribution in [0.5, 0.6) is 5.88 Å². The molecule has 0 spiro atoms. The zero-order valence-electron chi connectivity index (χ0n) is 11.7. The Morgan fingerprint density at radius 3 is 2.50 bits per heavy atom. The summed E-state index contributed by atoms with van der Waals surface area (Å²) in [6.07, 6.45) is 0.848. The highest BCUT2D eigenvalue weighted by Crippen LogP contribution is 2.23. The van der Waals surface area contributed by atoms with Crippen molar-refractivity contribution in [1.82, 2.24) is 4.98 Å². The van der Waals surface area contributed by atoms with Crippen LogP contribution in [0, 0.1) is 19.3 Å². The third-order valence-corrected chi connectivity index (χ3v) is 2.62. The van der Waals surface area contributed by atoms with Crippen LogP contribution in [0.25, 0.3) is 0 Å². The molecule has 1 N–H and O–H groups in total. The monoisotopic (exact) mass is 251 g/mol. The van der Waals surface area contributed by atoms with Crippen molar-refractivity contribution in [2.24, 2.45) is 5.41 Å². The Kier molecular flexibility index (Phi) is 4.33. The van der Waals surface area contributed by atoms with Crippen molar-refractivity contribution >= 4 is 5.97 Å². The number of pyridine rings is 1. The molecule has 0 aliphatic rings. The normalized spacial score (nSPS) is 11.4. The summed E-state index contributed by atoms with van der Waals surface area (Å²) in [7, 11) is 0. The van der Waals surface area contributed by atoms with Gasteiger partial charge in [0.25, 0.3) is 0 Å². The number of ether oxygens (including phenoxy) is 1. The topological polar surface area (TPSA) is 59.4 Å². The van der Waals surface area contributed by atoms with Crippen LogP contribution in [0.2, 0.25) is 0 Å². The van der Waals surface area contributed by atoms with Crippen molar-refractivity contribution in [3.05, 3.63) is 22.9 Å². The number of carbonyl (C=O) groups is 1. The molecule has 0 radical (unpaired) electrons. The van der Waals surface area contributed by atoms with Gasteiger partial charge in [-0.1, -0.05) is 20.8 Å². The molecule has 0 aromatic carbocycles. The fourth-order valence-electron chi connectivity index (χ4n) is 1.62. The lowest BCUT2D eigenvalue weighted by atomic mass is 9.93. The first-order valence-corrected chi connectivity index (χ1v) is 6.05. The summed E-state index contributed by atoms with van der Waals surface area (Å²) < 4.78 is 5.54. The van der Waals surface area contributed by atoms with E-state index in [4.69, 9.17) is 4.74 Å². The van der Waals surface area contributed by atoms with Gasteiger partial charge in [0, 0.05) is 5.69 Å². The summed E-state index contributed by atoms with van der Waals surface area (Å²) in [5.41, 5.74) is 1.76. The third-order valence-electron chi connectivity index (χ3n) is 2.62. The molecule has 18 heavy (non-hydrogen) atoms. The summed E-state index contributed by atoms with van der Waals surface area (Å²) in [5.74, 6) is -0.769. The van der Waals surface area contributed by atoms with E-state index in [0.717, 1.165) is 12.1 Å². The van der Waals surface area contributed by atoms with Crippen molar-refractivity contribution in [1.29, 1.82) is 0 Å². The Labute approximate surface area is 108 Å². The minimum Gasteiger partial charge on any atom is -0.477 e. The minimum atomic E-state index is -0.995. The summed E-state index contributed by atoms with van der Waals surface area (Å²) in [4.78, 5) is 15.4. The average Bonchev–Trinajstić information content (AvgIpc) is 2.13. The molecule has 1 aromatic heterocycles. The van der Waals surface area contributed by atoms with Crippen molar-refractivity contribution in [2.45, 2.75) is 41.0 Å². The summed E-state index contributed by atoms with van der Waals surface area (Å²) >= 11 is 0. The lowest BCUT2D eigenvalue weighted by molar-refractivity contribution is 0.0689. The van der Waals surface area contributed by atoms with E-state index in [0.29, 0.717) is 12.2 Å². The second-order valence-electron chi connectivity index (χ2n) is 5.72. The number of nitrogens with zero attached hydrogens (tertiary/aromatic N) is 1. The molecule has 1 rings (SSSR count). The van der Waals surface area contributed by atoms with Crippen LogP contribution in [-0.2, 0) is 0 Å². The zero-order chi connectivity index (χ0) is 13.9. The highest BCUT2D eigenvalue weighted by atomic mass is 16.5. The molecule has 0 fully saturated rings. The van der Waals surface area contributed by atoms with Gasteiger partial charge in [-0.25, -0.2) is 9.78 Å². The molecule has 0 unspecified atom stereocenters. The van der Waals surface area contributed by atoms with Crippen molar-refractivity contribution in [3.8, 4) is 5.88 Å². The zero-order valence-corrected chi connectivity index (χ0v) is 11.7. The maximum absolute atomic E-state index is 11.2. The molecular formula is C14H21NO3. The van der Waals surface area contributed by atoms with Crippen molar-refractivity contribution in [3.63, 3.8) is 0 Å². The Hall–Kier alpha value is -1.58. The standard InChI is InChI=1S/C14H21NO3/c1-9-8-10(2)15-12(11(9)13(16)17)18-7-6-14(3,4)5/h8H,6-7H2,1-5H3,(H,16,17). The van der Waals surface area contributed by atoms with Gasteiger partial charge in [0.1, 0.15) is 5.56 Å². The Morgan fingerprint density at radius 1 is 1.39 bits per heavy atom. The second-order valence-corrected chi connectivity index (χ2v) is 5.72. The number of aromatic carboxylic acids is 1. The van der Waals surface area contributed by atoms with Crippen molar-refractivity contribution in [2.75, 3.05) is 6.61 Å². The number of carboxylic acid groups (broad SMARTS) is 1. The van der Waals surface area contributed by atoms with Gasteiger partial charge in [0.05, 0.1) is 6.61 Å². The molecule has 1 aromatic rings. The lowest BCUT2D eigenvalue weighted by Gasteiger charge is -2.18. The highest BCUT2D eigenvalue weighted by molar-refractivity contribution is 5.91. The molecular weight excluding hydrogens is 230 g/mol. The van der Waals surface area contributed by atoms with E-state index >= 15 is 0 Å². The minimum absolute atomic E-state index is 0.155. The first-order chi connectivity index (χ1) is 8.20. The van der Waals surface area contributed by atoms with E-state index in [1.54, 1.807) is 13.0 Å². The molecule has 4 nitrogen and oxygen atoms in total. The molecule has 0 saturated carbocycles. The van der Waals surface area contributed by atoms with E-state index in [-0.39, 0.29) is 16.9 Å². The number of hydrogen-bond acceptors (Lipinski definition) is 3. The fraction of sp³-hybridized carbons (Fsp3) is 0.571. The summed E-state index contributed by atoms with van der Waals surface area (Å²) in [6.45, 7) is 10.4. The van der Waals surface area contributed by atoms with E-state index in [1.807, 2.05) is 6.92 Å². The molecule has 100 valence electrons. The lowest BCUT2D eigenvalue weighted by Crippen LogP contribution is -2.14. The number of carboxylic acids is 1. The van der Waals surface area contributed by atoms with Crippen LogP contribution in [-0.4, -0.2) is 22.7 Å². The summed E-state index contributed by atoms with van der Waals surface area (Å²) in [5, 5.41) is 9.18. The van der Waals surface area contributed by atoms with E-state index in [2.05, 4.69) is 25.8 Å². The van der Waals surface area contributed by atoms with Crippen LogP contribution < -0.4 is 4.74 Å². The van der Waals surface area contributed by atoms with Gasteiger partial charge < -0.3 is 9.84 Å². The first kappa shape index (κ1) is 14.5. The first-order valence-electron chi connectivity index (χ1n) is 6.05. The molecule has 4 heteroatoms. The quantitative estimate of drug-likeness (QED) is 0.892. The van der Waals surface area contributed by atoms with E-state index < -0.39 is 5.97 Å². The van der Waals surface area contributed by atoms with Crippen LogP contribution in [0.15, 0.2) is 6.07 Å². The Morgan fingerprint density at radius 2 is 2.00 bits per heavy atom. The van der Waals surface area contributed by atoms with E-state index in [9.17, 15) is 9.90 Å².